The molecule has 0 saturated heterocycles. The smallest absolute Gasteiger partial charge is 0.0812 e. The van der Waals surface area contributed by atoms with E-state index in [1.807, 2.05) is 72.8 Å². The summed E-state index contributed by atoms with van der Waals surface area (Å²) in [6, 6.07) is 27.5. The zero-order valence-corrected chi connectivity index (χ0v) is 14.0. The molecule has 0 spiro atoms. The molecule has 2 N–H and O–H groups in total. The van der Waals surface area contributed by atoms with Crippen LogP contribution in [0.1, 0.15) is 29.7 Å². The first-order valence-corrected chi connectivity index (χ1v) is 8.40. The highest BCUT2D eigenvalue weighted by Gasteiger charge is 2.17. The topological polar surface area (TPSA) is 32.3 Å². The van der Waals surface area contributed by atoms with E-state index in [-0.39, 0.29) is 6.04 Å². The van der Waals surface area contributed by atoms with Crippen LogP contribution in [0, 0.1) is 0 Å². The second-order valence-corrected chi connectivity index (χ2v) is 6.22. The highest BCUT2D eigenvalue weighted by Crippen LogP contribution is 2.30. The van der Waals surface area contributed by atoms with Crippen LogP contribution in [0.2, 0.25) is 5.02 Å². The summed E-state index contributed by atoms with van der Waals surface area (Å²) >= 11 is 6.09. The Kier molecular flexibility index (Phi) is 5.52. The Morgan fingerprint density at radius 2 is 1.42 bits per heavy atom. The summed E-state index contributed by atoms with van der Waals surface area (Å²) in [5.41, 5.74) is 3.00. The lowest BCUT2D eigenvalue weighted by Gasteiger charge is -2.23. The van der Waals surface area contributed by atoms with Crippen LogP contribution in [0.15, 0.2) is 84.9 Å². The van der Waals surface area contributed by atoms with Gasteiger partial charge in [0.2, 0.25) is 0 Å². The van der Waals surface area contributed by atoms with Crippen molar-refractivity contribution in [3.63, 3.8) is 0 Å². The maximum atomic E-state index is 10.6. The number of aliphatic hydroxyl groups excluding tert-OH is 1. The molecular formula is C21H20ClNO. The largest absolute Gasteiger partial charge is 0.388 e. The number of anilines is 1. The van der Waals surface area contributed by atoms with E-state index in [1.165, 1.54) is 0 Å². The van der Waals surface area contributed by atoms with E-state index >= 15 is 0 Å². The molecule has 0 aliphatic rings. The molecule has 2 nitrogen and oxygen atoms in total. The second-order valence-electron chi connectivity index (χ2n) is 5.78. The third kappa shape index (κ3) is 4.38. The van der Waals surface area contributed by atoms with E-state index < -0.39 is 6.10 Å². The molecule has 0 aliphatic carbocycles. The molecule has 0 saturated carbocycles. The molecule has 0 heterocycles. The fourth-order valence-electron chi connectivity index (χ4n) is 2.78. The molecule has 3 rings (SSSR count). The van der Waals surface area contributed by atoms with Crippen LogP contribution in [-0.2, 0) is 0 Å². The van der Waals surface area contributed by atoms with Gasteiger partial charge in [0.1, 0.15) is 0 Å². The third-order valence-corrected chi connectivity index (χ3v) is 4.25. The summed E-state index contributed by atoms with van der Waals surface area (Å²) in [6.07, 6.45) is 0.0312. The molecule has 3 aromatic rings. The van der Waals surface area contributed by atoms with E-state index in [0.29, 0.717) is 11.4 Å². The van der Waals surface area contributed by atoms with Gasteiger partial charge in [0.15, 0.2) is 0 Å². The molecule has 0 aliphatic heterocycles. The predicted octanol–water partition coefficient (Wildman–Crippen LogP) is 5.62. The Labute approximate surface area is 147 Å². The summed E-state index contributed by atoms with van der Waals surface area (Å²) in [6.45, 7) is 0. The lowest BCUT2D eigenvalue weighted by molar-refractivity contribution is 0.160. The molecule has 0 amide bonds. The highest BCUT2D eigenvalue weighted by atomic mass is 35.5. The van der Waals surface area contributed by atoms with E-state index in [9.17, 15) is 5.11 Å². The summed E-state index contributed by atoms with van der Waals surface area (Å²) in [5.74, 6) is 0. The van der Waals surface area contributed by atoms with Gasteiger partial charge in [-0.3, -0.25) is 0 Å². The Bertz CT molecular complexity index is 761. The Hall–Kier alpha value is -2.29. The average molecular weight is 338 g/mol. The van der Waals surface area contributed by atoms with Gasteiger partial charge in [-0.05, 0) is 29.3 Å². The van der Waals surface area contributed by atoms with Crippen molar-refractivity contribution in [3.8, 4) is 0 Å². The van der Waals surface area contributed by atoms with E-state index in [0.717, 1.165) is 16.8 Å². The van der Waals surface area contributed by atoms with Crippen LogP contribution >= 0.6 is 11.6 Å². The van der Waals surface area contributed by atoms with Gasteiger partial charge in [0.05, 0.1) is 12.1 Å². The fraction of sp³-hybridized carbons (Fsp3) is 0.143. The predicted molar refractivity (Wildman–Crippen MR) is 100 cm³/mol. The van der Waals surface area contributed by atoms with Gasteiger partial charge >= 0.3 is 0 Å². The van der Waals surface area contributed by atoms with Gasteiger partial charge in [-0.2, -0.15) is 0 Å². The minimum absolute atomic E-state index is 0.0140. The molecule has 0 aromatic heterocycles. The van der Waals surface area contributed by atoms with Crippen molar-refractivity contribution in [1.29, 1.82) is 0 Å². The minimum atomic E-state index is -0.539. The zero-order valence-electron chi connectivity index (χ0n) is 13.3. The molecule has 0 radical (unpaired) electrons. The lowest BCUT2D eigenvalue weighted by atomic mass is 9.96. The van der Waals surface area contributed by atoms with Crippen molar-refractivity contribution in [2.75, 3.05) is 5.32 Å². The van der Waals surface area contributed by atoms with Crippen molar-refractivity contribution in [2.24, 2.45) is 0 Å². The minimum Gasteiger partial charge on any atom is -0.388 e. The molecule has 0 bridgehead atoms. The number of nitrogens with one attached hydrogen (secondary N) is 1. The van der Waals surface area contributed by atoms with Gasteiger partial charge in [-0.15, -0.1) is 0 Å². The van der Waals surface area contributed by atoms with Crippen molar-refractivity contribution in [2.45, 2.75) is 18.6 Å². The van der Waals surface area contributed by atoms with Crippen molar-refractivity contribution < 1.29 is 5.11 Å². The number of hydrogen-bond donors (Lipinski definition) is 2. The van der Waals surface area contributed by atoms with E-state index in [4.69, 9.17) is 11.6 Å². The van der Waals surface area contributed by atoms with Crippen molar-refractivity contribution >= 4 is 17.3 Å². The quantitative estimate of drug-likeness (QED) is 0.612. The molecule has 24 heavy (non-hydrogen) atoms. The lowest BCUT2D eigenvalue weighted by Crippen LogP contribution is -2.14. The number of halogens is 1. The first-order valence-electron chi connectivity index (χ1n) is 8.02. The standard InChI is InChI=1S/C21H20ClNO/c22-18-12-7-13-19(14-18)23-20(16-8-3-1-4-9-16)15-21(24)17-10-5-2-6-11-17/h1-14,20-21,23-24H,15H2. The molecule has 3 aromatic carbocycles. The van der Waals surface area contributed by atoms with Crippen molar-refractivity contribution in [1.82, 2.24) is 0 Å². The van der Waals surface area contributed by atoms with Crippen LogP contribution in [0.25, 0.3) is 0 Å². The van der Waals surface area contributed by atoms with Crippen LogP contribution < -0.4 is 5.32 Å². The summed E-state index contributed by atoms with van der Waals surface area (Å²) < 4.78 is 0. The molecule has 2 unspecified atom stereocenters. The number of rotatable bonds is 6. The maximum Gasteiger partial charge on any atom is 0.0812 e. The number of benzene rings is 3. The van der Waals surface area contributed by atoms with Crippen LogP contribution in [-0.4, -0.2) is 5.11 Å². The summed E-state index contributed by atoms with van der Waals surface area (Å²) in [7, 11) is 0. The first-order chi connectivity index (χ1) is 11.7. The first kappa shape index (κ1) is 16.6. The Morgan fingerprint density at radius 1 is 0.792 bits per heavy atom. The van der Waals surface area contributed by atoms with Gasteiger partial charge < -0.3 is 10.4 Å². The normalized spacial score (nSPS) is 13.2. The van der Waals surface area contributed by atoms with Gasteiger partial charge in [0.25, 0.3) is 0 Å². The van der Waals surface area contributed by atoms with Crippen LogP contribution in [0.3, 0.4) is 0 Å². The summed E-state index contributed by atoms with van der Waals surface area (Å²) in [4.78, 5) is 0. The fourth-order valence-corrected chi connectivity index (χ4v) is 2.97. The zero-order chi connectivity index (χ0) is 16.8. The van der Waals surface area contributed by atoms with E-state index in [1.54, 1.807) is 0 Å². The number of hydrogen-bond acceptors (Lipinski definition) is 2. The van der Waals surface area contributed by atoms with Crippen LogP contribution in [0.5, 0.6) is 0 Å². The third-order valence-electron chi connectivity index (χ3n) is 4.01. The Morgan fingerprint density at radius 3 is 2.04 bits per heavy atom. The van der Waals surface area contributed by atoms with Gasteiger partial charge in [-0.25, -0.2) is 0 Å². The molecule has 2 atom stereocenters. The highest BCUT2D eigenvalue weighted by molar-refractivity contribution is 6.30. The second kappa shape index (κ2) is 8.00. The van der Waals surface area contributed by atoms with Gasteiger partial charge in [-0.1, -0.05) is 78.3 Å². The van der Waals surface area contributed by atoms with Crippen molar-refractivity contribution in [3.05, 3.63) is 101 Å². The monoisotopic (exact) mass is 337 g/mol. The molecule has 0 fully saturated rings. The number of aliphatic hydroxyl groups is 1. The summed E-state index contributed by atoms with van der Waals surface area (Å²) in [5, 5.41) is 14.8. The maximum absolute atomic E-state index is 10.6. The van der Waals surface area contributed by atoms with Crippen LogP contribution in [0.4, 0.5) is 5.69 Å². The Balaban J connectivity index is 1.82. The van der Waals surface area contributed by atoms with Gasteiger partial charge in [0, 0.05) is 17.1 Å². The molecule has 122 valence electrons. The molecular weight excluding hydrogens is 318 g/mol. The molecule has 3 heteroatoms. The SMILES string of the molecule is OC(CC(Nc1cccc(Cl)c1)c1ccccc1)c1ccccc1. The average Bonchev–Trinajstić information content (AvgIpc) is 2.63. The van der Waals surface area contributed by atoms with E-state index in [2.05, 4.69) is 17.4 Å².